The molecule has 0 radical (unpaired) electrons. The topological polar surface area (TPSA) is 77.5 Å². The molecular formula is C21H22N2O4S. The molecule has 3 aromatic rings. The summed E-state index contributed by atoms with van der Waals surface area (Å²) < 4.78 is 11.3. The van der Waals surface area contributed by atoms with E-state index in [9.17, 15) is 9.59 Å². The Hall–Kier alpha value is -2.93. The molecule has 0 bridgehead atoms. The van der Waals surface area contributed by atoms with Crippen LogP contribution in [0.2, 0.25) is 0 Å². The Morgan fingerprint density at radius 2 is 1.96 bits per heavy atom. The highest BCUT2D eigenvalue weighted by Gasteiger charge is 2.13. The number of fused-ring (bicyclic) bond motifs is 1. The van der Waals surface area contributed by atoms with Crippen molar-refractivity contribution in [3.05, 3.63) is 53.1 Å². The van der Waals surface area contributed by atoms with E-state index in [1.165, 1.54) is 18.4 Å². The van der Waals surface area contributed by atoms with Gasteiger partial charge in [-0.2, -0.15) is 0 Å². The molecule has 0 spiro atoms. The van der Waals surface area contributed by atoms with E-state index < -0.39 is 5.97 Å². The molecule has 28 heavy (non-hydrogen) atoms. The molecule has 0 aliphatic heterocycles. The summed E-state index contributed by atoms with van der Waals surface area (Å²) in [5.41, 5.74) is 3.29. The summed E-state index contributed by atoms with van der Waals surface area (Å²) in [7, 11) is 1.34. The van der Waals surface area contributed by atoms with Gasteiger partial charge in [0, 0.05) is 0 Å². The van der Waals surface area contributed by atoms with Gasteiger partial charge in [-0.1, -0.05) is 37.3 Å². The second-order valence-electron chi connectivity index (χ2n) is 6.73. The number of anilines is 1. The van der Waals surface area contributed by atoms with E-state index in [4.69, 9.17) is 9.47 Å². The molecule has 1 N–H and O–H groups in total. The first-order valence-electron chi connectivity index (χ1n) is 8.89. The zero-order valence-corrected chi connectivity index (χ0v) is 17.1. The van der Waals surface area contributed by atoms with Crippen molar-refractivity contribution in [2.75, 3.05) is 19.0 Å². The van der Waals surface area contributed by atoms with Gasteiger partial charge in [0.05, 0.1) is 22.9 Å². The Kier molecular flexibility index (Phi) is 5.94. The lowest BCUT2D eigenvalue weighted by Crippen LogP contribution is -2.20. The molecule has 0 aliphatic rings. The number of nitrogens with zero attached hydrogens (tertiary/aromatic N) is 1. The standard InChI is InChI=1S/C21H22N2O4S/c1-12(2)15-7-5-13(3)9-17(15)27-11-19(24)23-21-22-16-8-6-14(20(25)26-4)10-18(16)28-21/h5-10,12H,11H2,1-4H3,(H,22,23,24). The minimum absolute atomic E-state index is 0.105. The summed E-state index contributed by atoms with van der Waals surface area (Å²) in [6, 6.07) is 11.1. The maximum Gasteiger partial charge on any atom is 0.337 e. The molecule has 0 fully saturated rings. The molecule has 1 amide bonds. The Balaban J connectivity index is 1.68. The van der Waals surface area contributed by atoms with Crippen molar-refractivity contribution in [3.8, 4) is 5.75 Å². The highest BCUT2D eigenvalue weighted by atomic mass is 32.1. The van der Waals surface area contributed by atoms with Gasteiger partial charge in [-0.25, -0.2) is 9.78 Å². The van der Waals surface area contributed by atoms with Crippen LogP contribution in [-0.4, -0.2) is 30.6 Å². The van der Waals surface area contributed by atoms with Gasteiger partial charge in [-0.05, 0) is 48.2 Å². The number of esters is 1. The van der Waals surface area contributed by atoms with Gasteiger partial charge in [-0.15, -0.1) is 0 Å². The van der Waals surface area contributed by atoms with Crippen molar-refractivity contribution < 1.29 is 19.1 Å². The number of aromatic nitrogens is 1. The fourth-order valence-electron chi connectivity index (χ4n) is 2.77. The Labute approximate surface area is 167 Å². The highest BCUT2D eigenvalue weighted by molar-refractivity contribution is 7.22. The maximum atomic E-state index is 12.3. The highest BCUT2D eigenvalue weighted by Crippen LogP contribution is 2.29. The third-order valence-electron chi connectivity index (χ3n) is 4.21. The van der Waals surface area contributed by atoms with Gasteiger partial charge in [0.15, 0.2) is 11.7 Å². The van der Waals surface area contributed by atoms with Crippen LogP contribution in [0.4, 0.5) is 5.13 Å². The van der Waals surface area contributed by atoms with Gasteiger partial charge in [0.1, 0.15) is 5.75 Å². The van der Waals surface area contributed by atoms with Crippen molar-refractivity contribution in [2.45, 2.75) is 26.7 Å². The number of aryl methyl sites for hydroxylation is 1. The quantitative estimate of drug-likeness (QED) is 0.617. The van der Waals surface area contributed by atoms with Crippen LogP contribution in [-0.2, 0) is 9.53 Å². The second kappa shape index (κ2) is 8.39. The first-order chi connectivity index (χ1) is 13.4. The van der Waals surface area contributed by atoms with E-state index in [1.807, 2.05) is 25.1 Å². The van der Waals surface area contributed by atoms with Crippen molar-refractivity contribution in [3.63, 3.8) is 0 Å². The molecule has 7 heteroatoms. The first-order valence-corrected chi connectivity index (χ1v) is 9.71. The van der Waals surface area contributed by atoms with Crippen molar-refractivity contribution >= 4 is 38.6 Å². The lowest BCUT2D eigenvalue weighted by atomic mass is 10.0. The lowest BCUT2D eigenvalue weighted by molar-refractivity contribution is -0.118. The number of carbonyl (C=O) groups is 2. The van der Waals surface area contributed by atoms with Gasteiger partial charge in [0.2, 0.25) is 0 Å². The van der Waals surface area contributed by atoms with Crippen LogP contribution in [0, 0.1) is 6.92 Å². The number of methoxy groups -OCH3 is 1. The summed E-state index contributed by atoms with van der Waals surface area (Å²) in [5, 5.41) is 3.21. The van der Waals surface area contributed by atoms with Gasteiger partial charge >= 0.3 is 5.97 Å². The predicted octanol–water partition coefficient (Wildman–Crippen LogP) is 4.53. The fraction of sp³-hybridized carbons (Fsp3) is 0.286. The fourth-order valence-corrected chi connectivity index (χ4v) is 3.69. The van der Waals surface area contributed by atoms with Gasteiger partial charge in [0.25, 0.3) is 5.91 Å². The molecule has 0 unspecified atom stereocenters. The summed E-state index contributed by atoms with van der Waals surface area (Å²) in [6.07, 6.45) is 0. The van der Waals surface area contributed by atoms with Crippen LogP contribution >= 0.6 is 11.3 Å². The molecule has 0 atom stereocenters. The molecule has 0 saturated carbocycles. The lowest BCUT2D eigenvalue weighted by Gasteiger charge is -2.14. The first kappa shape index (κ1) is 19.8. The van der Waals surface area contributed by atoms with Crippen LogP contribution < -0.4 is 10.1 Å². The third kappa shape index (κ3) is 4.48. The van der Waals surface area contributed by atoms with E-state index >= 15 is 0 Å². The molecule has 1 heterocycles. The molecule has 146 valence electrons. The Morgan fingerprint density at radius 3 is 2.68 bits per heavy atom. The van der Waals surface area contributed by atoms with E-state index in [1.54, 1.807) is 18.2 Å². The monoisotopic (exact) mass is 398 g/mol. The summed E-state index contributed by atoms with van der Waals surface area (Å²) in [4.78, 5) is 28.3. The third-order valence-corrected chi connectivity index (χ3v) is 5.14. The number of rotatable bonds is 6. The summed E-state index contributed by atoms with van der Waals surface area (Å²) >= 11 is 1.29. The smallest absolute Gasteiger partial charge is 0.337 e. The van der Waals surface area contributed by atoms with Crippen molar-refractivity contribution in [1.29, 1.82) is 0 Å². The van der Waals surface area contributed by atoms with Crippen LogP contribution in [0.5, 0.6) is 5.75 Å². The number of thiazole rings is 1. The van der Waals surface area contributed by atoms with Gasteiger partial charge < -0.3 is 9.47 Å². The van der Waals surface area contributed by atoms with E-state index in [2.05, 4.69) is 24.1 Å². The number of hydrogen-bond donors (Lipinski definition) is 1. The minimum atomic E-state index is -0.409. The normalized spacial score (nSPS) is 10.9. The molecule has 3 rings (SSSR count). The van der Waals surface area contributed by atoms with Crippen LogP contribution in [0.3, 0.4) is 0 Å². The zero-order chi connectivity index (χ0) is 20.3. The van der Waals surface area contributed by atoms with Crippen molar-refractivity contribution in [2.24, 2.45) is 0 Å². The van der Waals surface area contributed by atoms with Crippen LogP contribution in [0.15, 0.2) is 36.4 Å². The molecule has 2 aromatic carbocycles. The molecular weight excluding hydrogens is 376 g/mol. The number of carbonyl (C=O) groups excluding carboxylic acids is 2. The van der Waals surface area contributed by atoms with Crippen LogP contribution in [0.25, 0.3) is 10.2 Å². The van der Waals surface area contributed by atoms with E-state index in [-0.39, 0.29) is 12.5 Å². The largest absolute Gasteiger partial charge is 0.483 e. The summed E-state index contributed by atoms with van der Waals surface area (Å²) in [6.45, 7) is 6.05. The van der Waals surface area contributed by atoms with E-state index in [0.717, 1.165) is 21.6 Å². The van der Waals surface area contributed by atoms with Crippen LogP contribution in [0.1, 0.15) is 41.3 Å². The van der Waals surface area contributed by atoms with Crippen molar-refractivity contribution in [1.82, 2.24) is 4.98 Å². The minimum Gasteiger partial charge on any atom is -0.483 e. The average Bonchev–Trinajstić information content (AvgIpc) is 3.06. The number of ether oxygens (including phenoxy) is 2. The van der Waals surface area contributed by atoms with Gasteiger partial charge in [-0.3, -0.25) is 10.1 Å². The average molecular weight is 398 g/mol. The SMILES string of the molecule is COC(=O)c1ccc2nc(NC(=O)COc3cc(C)ccc3C(C)C)sc2c1. The maximum absolute atomic E-state index is 12.3. The zero-order valence-electron chi connectivity index (χ0n) is 16.2. The Morgan fingerprint density at radius 1 is 1.18 bits per heavy atom. The second-order valence-corrected chi connectivity index (χ2v) is 7.76. The number of benzene rings is 2. The Bertz CT molecular complexity index is 1030. The number of nitrogens with one attached hydrogen (secondary N) is 1. The molecule has 0 saturated heterocycles. The predicted molar refractivity (Wildman–Crippen MR) is 110 cm³/mol. The van der Waals surface area contributed by atoms with E-state index in [0.29, 0.717) is 22.1 Å². The molecule has 1 aromatic heterocycles. The molecule has 6 nitrogen and oxygen atoms in total. The number of amides is 1. The number of hydrogen-bond acceptors (Lipinski definition) is 6. The molecule has 0 aliphatic carbocycles. The summed E-state index contributed by atoms with van der Waals surface area (Å²) in [5.74, 6) is 0.320.